The van der Waals surface area contributed by atoms with Crippen LogP contribution < -0.4 is 5.32 Å². The molecular formula is C7H13ClN2O3. The molecular weight excluding hydrogens is 196 g/mol. The van der Waals surface area contributed by atoms with Crippen molar-refractivity contribution in [2.75, 3.05) is 20.1 Å². The highest BCUT2D eigenvalue weighted by Crippen LogP contribution is 2.02. The number of nitrogens with one attached hydrogen (secondary N) is 1. The van der Waals surface area contributed by atoms with Gasteiger partial charge in [-0.1, -0.05) is 0 Å². The molecule has 1 rings (SSSR count). The third-order valence-electron chi connectivity index (χ3n) is 1.89. The highest BCUT2D eigenvalue weighted by Gasteiger charge is 2.27. The largest absolute Gasteiger partial charge is 0.481 e. The second kappa shape index (κ2) is 5.04. The van der Waals surface area contributed by atoms with Crippen molar-refractivity contribution in [1.29, 1.82) is 0 Å². The van der Waals surface area contributed by atoms with Crippen molar-refractivity contribution in [2.24, 2.45) is 0 Å². The number of likely N-dealkylation sites (N-methyl/N-ethyl adjacent to an activating group) is 1. The number of hydrogen-bond donors (Lipinski definition) is 2. The third-order valence-corrected chi connectivity index (χ3v) is 1.89. The third kappa shape index (κ3) is 3.20. The molecule has 1 atom stereocenters. The average molecular weight is 209 g/mol. The molecule has 2 N–H and O–H groups in total. The topological polar surface area (TPSA) is 69.6 Å². The van der Waals surface area contributed by atoms with E-state index in [9.17, 15) is 9.59 Å². The second-order valence-corrected chi connectivity index (χ2v) is 2.86. The molecule has 0 aliphatic carbocycles. The summed E-state index contributed by atoms with van der Waals surface area (Å²) < 4.78 is 0. The standard InChI is InChI=1S/C7H12N2O3.ClH/c1-9-3-2-8-5(7(9)12)4-6(10)11;/h5,8H,2-4H2,1H3,(H,10,11);1H. The predicted molar refractivity (Wildman–Crippen MR) is 48.9 cm³/mol. The highest BCUT2D eigenvalue weighted by molar-refractivity contribution is 5.86. The summed E-state index contributed by atoms with van der Waals surface area (Å²) in [6, 6.07) is -0.541. The number of amides is 1. The molecule has 1 unspecified atom stereocenters. The van der Waals surface area contributed by atoms with E-state index >= 15 is 0 Å². The molecule has 0 radical (unpaired) electrons. The van der Waals surface area contributed by atoms with E-state index in [2.05, 4.69) is 5.32 Å². The molecule has 1 aliphatic rings. The first kappa shape index (κ1) is 12.2. The summed E-state index contributed by atoms with van der Waals surface area (Å²) in [6.07, 6.45) is -0.136. The maximum absolute atomic E-state index is 11.3. The first-order chi connectivity index (χ1) is 5.61. The van der Waals surface area contributed by atoms with Crippen LogP contribution in [0.4, 0.5) is 0 Å². The minimum atomic E-state index is -0.948. The number of carbonyl (C=O) groups is 2. The number of carboxylic acid groups (broad SMARTS) is 1. The van der Waals surface area contributed by atoms with Crippen molar-refractivity contribution < 1.29 is 14.7 Å². The summed E-state index contributed by atoms with van der Waals surface area (Å²) >= 11 is 0. The zero-order valence-electron chi connectivity index (χ0n) is 7.32. The number of halogens is 1. The number of nitrogens with zero attached hydrogens (tertiary/aromatic N) is 1. The zero-order chi connectivity index (χ0) is 9.14. The molecule has 1 aliphatic heterocycles. The van der Waals surface area contributed by atoms with Gasteiger partial charge in [0.1, 0.15) is 0 Å². The van der Waals surface area contributed by atoms with E-state index in [0.717, 1.165) is 0 Å². The normalized spacial score (nSPS) is 22.4. The number of piperazine rings is 1. The van der Waals surface area contributed by atoms with Crippen LogP contribution in [0.1, 0.15) is 6.42 Å². The fourth-order valence-corrected chi connectivity index (χ4v) is 1.20. The molecule has 0 aromatic heterocycles. The second-order valence-electron chi connectivity index (χ2n) is 2.86. The van der Waals surface area contributed by atoms with Crippen LogP contribution in [0.5, 0.6) is 0 Å². The molecule has 1 heterocycles. The molecule has 0 aromatic carbocycles. The van der Waals surface area contributed by atoms with Gasteiger partial charge in [-0.15, -0.1) is 12.4 Å². The van der Waals surface area contributed by atoms with Gasteiger partial charge < -0.3 is 15.3 Å². The Labute approximate surface area is 82.5 Å². The van der Waals surface area contributed by atoms with Crippen molar-refractivity contribution in [3.63, 3.8) is 0 Å². The average Bonchev–Trinajstić information content (AvgIpc) is 1.98. The maximum atomic E-state index is 11.3. The SMILES string of the molecule is CN1CCNC(CC(=O)O)C1=O.Cl. The van der Waals surface area contributed by atoms with Crippen LogP contribution in [0.15, 0.2) is 0 Å². The molecule has 6 heteroatoms. The van der Waals surface area contributed by atoms with Crippen molar-refractivity contribution >= 4 is 24.3 Å². The summed E-state index contributed by atoms with van der Waals surface area (Å²) in [5.41, 5.74) is 0. The van der Waals surface area contributed by atoms with Crippen molar-refractivity contribution in [3.8, 4) is 0 Å². The summed E-state index contributed by atoms with van der Waals surface area (Å²) in [4.78, 5) is 23.1. The van der Waals surface area contributed by atoms with E-state index in [-0.39, 0.29) is 24.7 Å². The number of carbonyl (C=O) groups excluding carboxylic acids is 1. The summed E-state index contributed by atoms with van der Waals surface area (Å²) in [7, 11) is 1.68. The minimum absolute atomic E-state index is 0. The quantitative estimate of drug-likeness (QED) is 0.631. The first-order valence-corrected chi connectivity index (χ1v) is 3.81. The Kier molecular flexibility index (Phi) is 4.72. The Hall–Kier alpha value is -0.810. The lowest BCUT2D eigenvalue weighted by molar-refractivity contribution is -0.143. The molecule has 1 fully saturated rings. The predicted octanol–water partition coefficient (Wildman–Crippen LogP) is -0.687. The van der Waals surface area contributed by atoms with Gasteiger partial charge in [-0.05, 0) is 0 Å². The van der Waals surface area contributed by atoms with Crippen molar-refractivity contribution in [2.45, 2.75) is 12.5 Å². The summed E-state index contributed by atoms with van der Waals surface area (Å²) in [5.74, 6) is -1.08. The van der Waals surface area contributed by atoms with E-state index in [0.29, 0.717) is 13.1 Å². The van der Waals surface area contributed by atoms with Crippen molar-refractivity contribution in [1.82, 2.24) is 10.2 Å². The van der Waals surface area contributed by atoms with Crippen LogP contribution in [0.2, 0.25) is 0 Å². The van der Waals surface area contributed by atoms with E-state index in [1.165, 1.54) is 0 Å². The molecule has 5 nitrogen and oxygen atoms in total. The van der Waals surface area contributed by atoms with E-state index in [1.807, 2.05) is 0 Å². The van der Waals surface area contributed by atoms with Gasteiger partial charge in [0.15, 0.2) is 0 Å². The molecule has 1 amide bonds. The van der Waals surface area contributed by atoms with Crippen LogP contribution in [0.25, 0.3) is 0 Å². The number of hydrogen-bond acceptors (Lipinski definition) is 3. The van der Waals surface area contributed by atoms with Gasteiger partial charge in [0.2, 0.25) is 5.91 Å². The first-order valence-electron chi connectivity index (χ1n) is 3.81. The van der Waals surface area contributed by atoms with Gasteiger partial charge in [0, 0.05) is 20.1 Å². The minimum Gasteiger partial charge on any atom is -0.481 e. The molecule has 0 saturated carbocycles. The van der Waals surface area contributed by atoms with Gasteiger partial charge in [-0.3, -0.25) is 9.59 Å². The van der Waals surface area contributed by atoms with Gasteiger partial charge in [0.25, 0.3) is 0 Å². The molecule has 13 heavy (non-hydrogen) atoms. The lowest BCUT2D eigenvalue weighted by atomic mass is 10.1. The Bertz CT molecular complexity index is 210. The van der Waals surface area contributed by atoms with Crippen LogP contribution in [-0.4, -0.2) is 48.1 Å². The molecule has 1 saturated heterocycles. The summed E-state index contributed by atoms with van der Waals surface area (Å²) in [6.45, 7) is 1.31. The Morgan fingerprint density at radius 3 is 2.92 bits per heavy atom. The Balaban J connectivity index is 0.00000144. The van der Waals surface area contributed by atoms with Gasteiger partial charge in [0.05, 0.1) is 12.5 Å². The monoisotopic (exact) mass is 208 g/mol. The van der Waals surface area contributed by atoms with Crippen LogP contribution in [0, 0.1) is 0 Å². The number of carboxylic acids is 1. The lowest BCUT2D eigenvalue weighted by Gasteiger charge is -2.29. The van der Waals surface area contributed by atoms with E-state index < -0.39 is 12.0 Å². The smallest absolute Gasteiger partial charge is 0.305 e. The maximum Gasteiger partial charge on any atom is 0.305 e. The fraction of sp³-hybridized carbons (Fsp3) is 0.714. The van der Waals surface area contributed by atoms with Gasteiger partial charge in [-0.2, -0.15) is 0 Å². The lowest BCUT2D eigenvalue weighted by Crippen LogP contribution is -2.54. The number of aliphatic carboxylic acids is 1. The molecule has 0 spiro atoms. The molecule has 76 valence electrons. The molecule has 0 bridgehead atoms. The van der Waals surface area contributed by atoms with Crippen LogP contribution >= 0.6 is 12.4 Å². The van der Waals surface area contributed by atoms with Gasteiger partial charge in [-0.25, -0.2) is 0 Å². The van der Waals surface area contributed by atoms with Crippen LogP contribution in [0.3, 0.4) is 0 Å². The Morgan fingerprint density at radius 1 is 1.77 bits per heavy atom. The summed E-state index contributed by atoms with van der Waals surface area (Å²) in [5, 5.41) is 11.3. The van der Waals surface area contributed by atoms with Crippen molar-refractivity contribution in [3.05, 3.63) is 0 Å². The Morgan fingerprint density at radius 2 is 2.38 bits per heavy atom. The highest BCUT2D eigenvalue weighted by atomic mass is 35.5. The zero-order valence-corrected chi connectivity index (χ0v) is 8.13. The number of rotatable bonds is 2. The van der Waals surface area contributed by atoms with E-state index in [4.69, 9.17) is 5.11 Å². The molecule has 0 aromatic rings. The van der Waals surface area contributed by atoms with Gasteiger partial charge >= 0.3 is 5.97 Å². The van der Waals surface area contributed by atoms with E-state index in [1.54, 1.807) is 11.9 Å². The fourth-order valence-electron chi connectivity index (χ4n) is 1.20. The van der Waals surface area contributed by atoms with Crippen LogP contribution in [-0.2, 0) is 9.59 Å².